The summed E-state index contributed by atoms with van der Waals surface area (Å²) in [4.78, 5) is 0. The van der Waals surface area contributed by atoms with E-state index in [0.29, 0.717) is 0 Å². The van der Waals surface area contributed by atoms with E-state index >= 15 is 0 Å². The second-order valence-electron chi connectivity index (χ2n) is 7.47. The van der Waals surface area contributed by atoms with Crippen molar-refractivity contribution < 1.29 is 0 Å². The van der Waals surface area contributed by atoms with E-state index in [1.807, 2.05) is 0 Å². The standard InChI is InChI=1S/C21H21Br2I2Si/c1-12-16(13(2)21(25)14(3)20(12)24)11-17-18(22)9-15(10-19(17)23)7-8-26(4,5)6/h8-10H,1-6H3/q+1. The second-order valence-corrected chi connectivity index (χ2v) is 16.4. The van der Waals surface area contributed by atoms with Crippen LogP contribution in [0.1, 0.15) is 20.8 Å². The molecule has 0 aliphatic heterocycles. The van der Waals surface area contributed by atoms with Crippen molar-refractivity contribution in [2.45, 2.75) is 40.4 Å². The Hall–Kier alpha value is 0.507. The molecular formula is C21H21Br2I2Si+. The molecule has 0 radical (unpaired) electrons. The first-order valence-corrected chi connectivity index (χ1v) is 15.6. The van der Waals surface area contributed by atoms with Crippen molar-refractivity contribution in [3.63, 3.8) is 0 Å². The molecule has 0 unspecified atom stereocenters. The van der Waals surface area contributed by atoms with Gasteiger partial charge in [0, 0.05) is 40.2 Å². The second kappa shape index (κ2) is 8.89. The Morgan fingerprint density at radius 1 is 1.00 bits per heavy atom. The lowest BCUT2D eigenvalue weighted by Gasteiger charge is -2.14. The van der Waals surface area contributed by atoms with Crippen molar-refractivity contribution in [2.75, 3.05) is 0 Å². The number of hydrogen-bond donors (Lipinski definition) is 0. The summed E-state index contributed by atoms with van der Waals surface area (Å²) >= 11 is 12.4. The van der Waals surface area contributed by atoms with E-state index in [0.717, 1.165) is 19.4 Å². The minimum absolute atomic E-state index is 1.03. The fourth-order valence-electron chi connectivity index (χ4n) is 2.55. The average Bonchev–Trinajstić information content (AvgIpc) is 2.54. The zero-order valence-electron chi connectivity index (χ0n) is 15.7. The van der Waals surface area contributed by atoms with Crippen LogP contribution in [0.25, 0.3) is 11.5 Å². The third-order valence-corrected chi connectivity index (χ3v) is 9.53. The first kappa shape index (κ1) is 22.8. The molecule has 0 bridgehead atoms. The molecule has 0 aromatic heterocycles. The third-order valence-electron chi connectivity index (χ3n) is 4.03. The smallest absolute Gasteiger partial charge is 0.122 e. The minimum atomic E-state index is -1.27. The topological polar surface area (TPSA) is 0 Å². The SMILES string of the molecule is CC1=C(I)[C+](C)C(I)=C(C)C1=C=c1c(Br)cc(=C=C[Si](C)(C)C)cc1Br. The van der Waals surface area contributed by atoms with E-state index in [1.165, 1.54) is 29.8 Å². The van der Waals surface area contributed by atoms with E-state index in [2.05, 4.69) is 147 Å². The van der Waals surface area contributed by atoms with E-state index in [1.54, 1.807) is 0 Å². The van der Waals surface area contributed by atoms with Crippen LogP contribution in [-0.4, -0.2) is 8.07 Å². The van der Waals surface area contributed by atoms with Crippen LogP contribution < -0.4 is 10.4 Å². The van der Waals surface area contributed by atoms with Gasteiger partial charge in [-0.1, -0.05) is 31.1 Å². The first-order valence-electron chi connectivity index (χ1n) is 8.24. The largest absolute Gasteiger partial charge is 0.134 e. The van der Waals surface area contributed by atoms with E-state index in [4.69, 9.17) is 0 Å². The van der Waals surface area contributed by atoms with Gasteiger partial charge in [-0.25, -0.2) is 0 Å². The van der Waals surface area contributed by atoms with Crippen LogP contribution in [0.4, 0.5) is 0 Å². The average molecular weight is 715 g/mol. The predicted molar refractivity (Wildman–Crippen MR) is 142 cm³/mol. The molecule has 0 spiro atoms. The Labute approximate surface area is 201 Å². The quantitative estimate of drug-likeness (QED) is 0.162. The highest BCUT2D eigenvalue weighted by molar-refractivity contribution is 14.1. The van der Waals surface area contributed by atoms with E-state index < -0.39 is 8.07 Å². The summed E-state index contributed by atoms with van der Waals surface area (Å²) in [6, 6.07) is 4.25. The zero-order valence-corrected chi connectivity index (χ0v) is 24.2. The Bertz CT molecular complexity index is 956. The maximum atomic E-state index is 3.74. The molecule has 2 rings (SSSR count). The molecule has 1 aromatic rings. The Balaban J connectivity index is 2.85. The lowest BCUT2D eigenvalue weighted by atomic mass is 9.89. The van der Waals surface area contributed by atoms with E-state index in [-0.39, 0.29) is 0 Å². The van der Waals surface area contributed by atoms with E-state index in [9.17, 15) is 0 Å². The fraction of sp³-hybridized carbons (Fsp3) is 0.286. The van der Waals surface area contributed by atoms with Crippen molar-refractivity contribution in [3.05, 3.63) is 67.0 Å². The molecule has 0 saturated carbocycles. The molecule has 0 fully saturated rings. The maximum absolute atomic E-state index is 3.74. The van der Waals surface area contributed by atoms with Crippen molar-refractivity contribution in [2.24, 2.45) is 0 Å². The summed E-state index contributed by atoms with van der Waals surface area (Å²) in [6.45, 7) is 13.5. The number of rotatable bonds is 1. The van der Waals surface area contributed by atoms with Gasteiger partial charge in [0.15, 0.2) is 0 Å². The van der Waals surface area contributed by atoms with Crippen molar-refractivity contribution >= 4 is 96.6 Å². The van der Waals surface area contributed by atoms with Gasteiger partial charge >= 0.3 is 0 Å². The van der Waals surface area contributed by atoms with Gasteiger partial charge in [0.1, 0.15) is 12.7 Å². The summed E-state index contributed by atoms with van der Waals surface area (Å²) in [7, 11) is -1.27. The Morgan fingerprint density at radius 2 is 1.46 bits per heavy atom. The van der Waals surface area contributed by atoms with Crippen molar-refractivity contribution in [1.82, 2.24) is 0 Å². The Kier molecular flexibility index (Phi) is 7.79. The van der Waals surface area contributed by atoms with Crippen LogP contribution >= 0.6 is 77.0 Å². The summed E-state index contributed by atoms with van der Waals surface area (Å²) in [5, 5.41) is 2.13. The summed E-state index contributed by atoms with van der Waals surface area (Å²) < 4.78 is 4.69. The monoisotopic (exact) mass is 713 g/mol. The van der Waals surface area contributed by atoms with Crippen LogP contribution in [0.3, 0.4) is 0 Å². The van der Waals surface area contributed by atoms with Crippen molar-refractivity contribution in [1.29, 1.82) is 0 Å². The molecule has 136 valence electrons. The molecule has 1 aromatic carbocycles. The predicted octanol–water partition coefficient (Wildman–Crippen LogP) is 7.36. The Morgan fingerprint density at radius 3 is 1.88 bits per heavy atom. The molecule has 0 heterocycles. The summed E-state index contributed by atoms with van der Waals surface area (Å²) in [6.07, 6.45) is 0. The normalized spacial score (nSPS) is 15.3. The molecule has 0 saturated heterocycles. The molecule has 0 atom stereocenters. The number of halogens is 4. The molecule has 0 amide bonds. The highest BCUT2D eigenvalue weighted by atomic mass is 127. The van der Waals surface area contributed by atoms with Gasteiger partial charge in [0.2, 0.25) is 0 Å². The van der Waals surface area contributed by atoms with Crippen LogP contribution in [0.5, 0.6) is 0 Å². The van der Waals surface area contributed by atoms with Gasteiger partial charge in [-0.15, -0.1) is 5.73 Å². The van der Waals surface area contributed by atoms with Gasteiger partial charge in [-0.05, 0) is 89.2 Å². The third kappa shape index (κ3) is 5.31. The molecule has 5 heteroatoms. The van der Waals surface area contributed by atoms with Gasteiger partial charge in [-0.3, -0.25) is 0 Å². The summed E-state index contributed by atoms with van der Waals surface area (Å²) in [5.74, 6) is 1.35. The van der Waals surface area contributed by atoms with Gasteiger partial charge < -0.3 is 0 Å². The molecule has 0 nitrogen and oxygen atoms in total. The highest BCUT2D eigenvalue weighted by Gasteiger charge is 2.32. The fourth-order valence-corrected chi connectivity index (χ4v) is 6.13. The minimum Gasteiger partial charge on any atom is -0.122 e. The molecule has 0 N–H and O–H groups in total. The van der Waals surface area contributed by atoms with Crippen molar-refractivity contribution in [3.8, 4) is 0 Å². The van der Waals surface area contributed by atoms with Gasteiger partial charge in [0.05, 0.1) is 25.1 Å². The highest BCUT2D eigenvalue weighted by Crippen LogP contribution is 2.44. The lowest BCUT2D eigenvalue weighted by Crippen LogP contribution is -2.16. The van der Waals surface area contributed by atoms with Gasteiger partial charge in [0.25, 0.3) is 0 Å². The molecule has 1 aliphatic rings. The first-order chi connectivity index (χ1) is 11.9. The van der Waals surface area contributed by atoms with Crippen LogP contribution in [0.15, 0.2) is 50.7 Å². The lowest BCUT2D eigenvalue weighted by molar-refractivity contribution is 1.17. The molecule has 26 heavy (non-hydrogen) atoms. The van der Waals surface area contributed by atoms with Gasteiger partial charge in [-0.2, -0.15) is 0 Å². The molecular weight excluding hydrogens is 694 g/mol. The van der Waals surface area contributed by atoms with Crippen LogP contribution in [-0.2, 0) is 0 Å². The van der Waals surface area contributed by atoms with Crippen LogP contribution in [0, 0.1) is 5.92 Å². The maximum Gasteiger partial charge on any atom is 0.134 e. The number of benzene rings is 1. The van der Waals surface area contributed by atoms with Crippen LogP contribution in [0.2, 0.25) is 19.6 Å². The summed E-state index contributed by atoms with van der Waals surface area (Å²) in [5.41, 5.74) is 13.1. The number of allylic oxidation sites excluding steroid dienone is 5. The number of hydrogen-bond acceptors (Lipinski definition) is 0. The zero-order chi connectivity index (χ0) is 19.8. The molecule has 1 aliphatic carbocycles.